The highest BCUT2D eigenvalue weighted by Crippen LogP contribution is 2.67. The Morgan fingerprint density at radius 2 is 1.64 bits per heavy atom. The number of fused-ring (bicyclic) bond motifs is 2. The molecule has 0 atom stereocenters. The van der Waals surface area contributed by atoms with Crippen LogP contribution < -0.4 is 0 Å². The maximum Gasteiger partial charge on any atom is 0.281 e. The van der Waals surface area contributed by atoms with Gasteiger partial charge in [0.15, 0.2) is 0 Å². The van der Waals surface area contributed by atoms with Gasteiger partial charge in [0, 0.05) is 23.3 Å². The normalized spacial score (nSPS) is 28.2. The summed E-state index contributed by atoms with van der Waals surface area (Å²) in [5.41, 5.74) is 1.91. The third kappa shape index (κ3) is 3.13. The van der Waals surface area contributed by atoms with Crippen LogP contribution in [0.1, 0.15) is 11.1 Å². The molecule has 0 aliphatic carbocycles. The van der Waals surface area contributed by atoms with E-state index in [0.717, 1.165) is 15.6 Å². The maximum absolute atomic E-state index is 12.7. The number of hydrogen-bond donors (Lipinski definition) is 0. The summed E-state index contributed by atoms with van der Waals surface area (Å²) in [6.45, 7) is 1.92. The van der Waals surface area contributed by atoms with Crippen LogP contribution in [0.15, 0.2) is 62.0 Å². The summed E-state index contributed by atoms with van der Waals surface area (Å²) in [7, 11) is -5.93. The second kappa shape index (κ2) is 6.03. The zero-order valence-corrected chi connectivity index (χ0v) is 16.9. The standard InChI is InChI=1S/C17H17BrNO4PS/c1-13-2-8-16(9-3-13)25(20,21)19-24-10-17(22-11-24,23-12-24)14-4-6-15(18)7-5-14/h2-9H,10-12H2,1H3. The molecule has 25 heavy (non-hydrogen) atoms. The molecule has 0 unspecified atom stereocenters. The molecule has 132 valence electrons. The smallest absolute Gasteiger partial charge is 0.281 e. The first-order chi connectivity index (χ1) is 11.8. The fraction of sp³-hybridized carbons (Fsp3) is 0.294. The monoisotopic (exact) mass is 441 g/mol. The van der Waals surface area contributed by atoms with Crippen molar-refractivity contribution in [1.82, 2.24) is 0 Å². The minimum absolute atomic E-state index is 0.223. The Morgan fingerprint density at radius 1 is 1.04 bits per heavy atom. The lowest BCUT2D eigenvalue weighted by Crippen LogP contribution is -2.29. The molecule has 0 spiro atoms. The Kier molecular flexibility index (Phi) is 4.21. The van der Waals surface area contributed by atoms with E-state index in [2.05, 4.69) is 20.1 Å². The van der Waals surface area contributed by atoms with Crippen molar-refractivity contribution in [3.8, 4) is 0 Å². The van der Waals surface area contributed by atoms with E-state index in [1.807, 2.05) is 31.2 Å². The average molecular weight is 442 g/mol. The lowest BCUT2D eigenvalue weighted by atomic mass is 10.1. The van der Waals surface area contributed by atoms with Crippen LogP contribution in [0.3, 0.4) is 0 Å². The van der Waals surface area contributed by atoms with Crippen LogP contribution in [0.25, 0.3) is 0 Å². The van der Waals surface area contributed by atoms with E-state index in [0.29, 0.717) is 18.9 Å². The largest absolute Gasteiger partial charge is 0.339 e. The summed E-state index contributed by atoms with van der Waals surface area (Å²) in [6, 6.07) is 14.5. The quantitative estimate of drug-likeness (QED) is 0.658. The molecular weight excluding hydrogens is 425 g/mol. The van der Waals surface area contributed by atoms with Crippen LogP contribution in [0.2, 0.25) is 0 Å². The van der Waals surface area contributed by atoms with E-state index in [9.17, 15) is 8.42 Å². The van der Waals surface area contributed by atoms with Crippen molar-refractivity contribution < 1.29 is 17.9 Å². The van der Waals surface area contributed by atoms with E-state index in [-0.39, 0.29) is 4.90 Å². The van der Waals surface area contributed by atoms with Crippen LogP contribution in [0.5, 0.6) is 0 Å². The fourth-order valence-corrected chi connectivity index (χ4v) is 8.97. The molecular formula is C17H17BrNO4PS. The molecule has 8 heteroatoms. The molecule has 2 heterocycles. The second-order valence-corrected chi connectivity index (χ2v) is 12.4. The van der Waals surface area contributed by atoms with Gasteiger partial charge >= 0.3 is 0 Å². The summed E-state index contributed by atoms with van der Waals surface area (Å²) >= 11 is 3.41. The predicted molar refractivity (Wildman–Crippen MR) is 100 cm³/mol. The maximum atomic E-state index is 12.7. The Labute approximate surface area is 155 Å². The summed E-state index contributed by atoms with van der Waals surface area (Å²) < 4.78 is 42.5. The molecule has 2 aromatic rings. The molecule has 2 aliphatic heterocycles. The zero-order valence-electron chi connectivity index (χ0n) is 13.6. The Morgan fingerprint density at radius 3 is 2.24 bits per heavy atom. The molecule has 2 bridgehead atoms. The Balaban J connectivity index is 1.69. The summed E-state index contributed by atoms with van der Waals surface area (Å²) in [4.78, 5) is 0.223. The molecule has 0 radical (unpaired) electrons. The van der Waals surface area contributed by atoms with Crippen molar-refractivity contribution in [3.05, 3.63) is 64.1 Å². The van der Waals surface area contributed by atoms with Crippen LogP contribution in [-0.2, 0) is 25.3 Å². The van der Waals surface area contributed by atoms with Gasteiger partial charge in [0.2, 0.25) is 5.79 Å². The molecule has 2 aromatic carbocycles. The minimum Gasteiger partial charge on any atom is -0.339 e. The molecule has 0 amide bonds. The van der Waals surface area contributed by atoms with Crippen molar-refractivity contribution in [3.63, 3.8) is 0 Å². The van der Waals surface area contributed by atoms with Crippen molar-refractivity contribution in [2.24, 2.45) is 4.15 Å². The second-order valence-electron chi connectivity index (χ2n) is 6.43. The molecule has 0 aromatic heterocycles. The van der Waals surface area contributed by atoms with Gasteiger partial charge in [-0.15, -0.1) is 0 Å². The lowest BCUT2D eigenvalue weighted by Gasteiger charge is -2.26. The highest BCUT2D eigenvalue weighted by Gasteiger charge is 2.55. The number of nitrogens with zero attached hydrogens (tertiary/aromatic N) is 1. The van der Waals surface area contributed by atoms with Gasteiger partial charge in [0.25, 0.3) is 10.0 Å². The summed E-state index contributed by atoms with van der Waals surface area (Å²) in [6.07, 6.45) is 1.19. The van der Waals surface area contributed by atoms with E-state index >= 15 is 0 Å². The fourth-order valence-electron chi connectivity index (χ4n) is 3.12. The third-order valence-corrected chi connectivity index (χ3v) is 10.3. The van der Waals surface area contributed by atoms with Crippen molar-refractivity contribution in [1.29, 1.82) is 0 Å². The van der Waals surface area contributed by atoms with Crippen molar-refractivity contribution in [2.75, 3.05) is 18.9 Å². The van der Waals surface area contributed by atoms with E-state index in [1.165, 1.54) is 0 Å². The number of rotatable bonds is 3. The first-order valence-corrected chi connectivity index (χ1v) is 12.3. The molecule has 2 fully saturated rings. The lowest BCUT2D eigenvalue weighted by molar-refractivity contribution is -0.200. The third-order valence-electron chi connectivity index (χ3n) is 4.46. The van der Waals surface area contributed by atoms with E-state index in [1.54, 1.807) is 24.3 Å². The van der Waals surface area contributed by atoms with Gasteiger partial charge in [-0.05, 0) is 31.2 Å². The zero-order chi connectivity index (χ0) is 17.7. The number of aryl methyl sites for hydroxylation is 1. The molecule has 0 N–H and O–H groups in total. The first kappa shape index (κ1) is 17.4. The highest BCUT2D eigenvalue weighted by molar-refractivity contribution is 9.10. The number of halogens is 1. The molecule has 4 rings (SSSR count). The van der Waals surface area contributed by atoms with E-state index in [4.69, 9.17) is 9.47 Å². The van der Waals surface area contributed by atoms with Gasteiger partial charge in [0.05, 0.1) is 17.6 Å². The van der Waals surface area contributed by atoms with Crippen LogP contribution >= 0.6 is 23.0 Å². The van der Waals surface area contributed by atoms with Crippen LogP contribution in [0.4, 0.5) is 0 Å². The highest BCUT2D eigenvalue weighted by atomic mass is 79.9. The van der Waals surface area contributed by atoms with Crippen LogP contribution in [0, 0.1) is 6.92 Å². The summed E-state index contributed by atoms with van der Waals surface area (Å²) in [5.74, 6) is -0.860. The number of sulfonamides is 1. The Hall–Kier alpha value is -0.980. The SMILES string of the molecule is Cc1ccc(S(=O)(=O)N=P23COC(c4ccc(Br)cc4)(C2)OC3)cc1. The first-order valence-electron chi connectivity index (χ1n) is 7.79. The minimum atomic E-state index is -3.71. The number of hydrogen-bond acceptors (Lipinski definition) is 4. The van der Waals surface area contributed by atoms with Gasteiger partial charge in [-0.3, -0.25) is 0 Å². The molecule has 5 nitrogen and oxygen atoms in total. The topological polar surface area (TPSA) is 65.0 Å². The van der Waals surface area contributed by atoms with Gasteiger partial charge in [0.1, 0.15) is 0 Å². The Bertz CT molecular complexity index is 959. The number of benzene rings is 2. The molecule has 0 saturated carbocycles. The van der Waals surface area contributed by atoms with Gasteiger partial charge in [-0.1, -0.05) is 45.8 Å². The number of ether oxygens (including phenoxy) is 2. The molecule has 2 aliphatic rings. The summed E-state index contributed by atoms with van der Waals surface area (Å²) in [5, 5.41) is 0. The van der Waals surface area contributed by atoms with Crippen LogP contribution in [-0.4, -0.2) is 27.3 Å². The van der Waals surface area contributed by atoms with E-state index < -0.39 is 22.9 Å². The van der Waals surface area contributed by atoms with Crippen molar-refractivity contribution in [2.45, 2.75) is 17.6 Å². The van der Waals surface area contributed by atoms with Gasteiger partial charge in [-0.2, -0.15) is 12.6 Å². The average Bonchev–Trinajstić information content (AvgIpc) is 3.12. The van der Waals surface area contributed by atoms with Crippen molar-refractivity contribution >= 4 is 33.0 Å². The van der Waals surface area contributed by atoms with Gasteiger partial charge in [-0.25, -0.2) is 0 Å². The van der Waals surface area contributed by atoms with Gasteiger partial charge < -0.3 is 9.47 Å². The predicted octanol–water partition coefficient (Wildman–Crippen LogP) is 4.48. The molecule has 2 saturated heterocycles.